The summed E-state index contributed by atoms with van der Waals surface area (Å²) in [6.07, 6.45) is 0. The van der Waals surface area contributed by atoms with Crippen molar-refractivity contribution in [3.63, 3.8) is 0 Å². The van der Waals surface area contributed by atoms with Gasteiger partial charge in [-0.25, -0.2) is 0 Å². The van der Waals surface area contributed by atoms with Gasteiger partial charge in [0.05, 0.1) is 22.7 Å². The molecule has 5 heteroatoms. The largest absolute Gasteiger partial charge is 0.508 e. The fraction of sp³-hybridized carbons (Fsp3) is 0.143. The Morgan fingerprint density at radius 3 is 1.53 bits per heavy atom. The van der Waals surface area contributed by atoms with Gasteiger partial charge in [0.25, 0.3) is 0 Å². The highest BCUT2D eigenvalue weighted by atomic mass is 16.3. The maximum absolute atomic E-state index is 9.69. The van der Waals surface area contributed by atoms with Gasteiger partial charge in [-0.2, -0.15) is 0 Å². The zero-order valence-corrected chi connectivity index (χ0v) is 10.9. The van der Waals surface area contributed by atoms with E-state index in [1.807, 2.05) is 0 Å². The fourth-order valence-electron chi connectivity index (χ4n) is 1.80. The normalized spacial score (nSPS) is 10.4. The summed E-state index contributed by atoms with van der Waals surface area (Å²) >= 11 is 0. The number of hydrogen-bond acceptors (Lipinski definition) is 5. The van der Waals surface area contributed by atoms with Crippen LogP contribution in [0.1, 0.15) is 11.1 Å². The van der Waals surface area contributed by atoms with Crippen molar-refractivity contribution in [1.82, 2.24) is 0 Å². The van der Waals surface area contributed by atoms with E-state index in [0.29, 0.717) is 33.9 Å². The number of nitrogen functional groups attached to an aromatic ring is 2. The van der Waals surface area contributed by atoms with Gasteiger partial charge in [0.2, 0.25) is 0 Å². The first-order valence-electron chi connectivity index (χ1n) is 5.83. The van der Waals surface area contributed by atoms with Crippen molar-refractivity contribution >= 4 is 22.7 Å². The van der Waals surface area contributed by atoms with Crippen molar-refractivity contribution in [2.24, 2.45) is 0 Å². The number of nitrogens with two attached hydrogens (primary N) is 2. The third kappa shape index (κ3) is 2.49. The molecule has 0 fully saturated rings. The molecule has 2 rings (SSSR count). The average Bonchev–Trinajstić information content (AvgIpc) is 2.32. The van der Waals surface area contributed by atoms with Crippen LogP contribution in [0, 0.1) is 13.8 Å². The number of benzene rings is 2. The standard InChI is InChI=1S/C14H17N3O2/c1-7-3-9(15)11(5-13(7)18)17-12-6-14(19)8(2)4-10(12)16/h3-6,17-19H,15-16H2,1-2H3. The number of nitrogens with one attached hydrogen (secondary N) is 1. The van der Waals surface area contributed by atoms with Gasteiger partial charge in [-0.1, -0.05) is 0 Å². The van der Waals surface area contributed by atoms with Crippen LogP contribution >= 0.6 is 0 Å². The smallest absolute Gasteiger partial charge is 0.120 e. The predicted molar refractivity (Wildman–Crippen MR) is 77.8 cm³/mol. The Labute approximate surface area is 111 Å². The third-order valence-electron chi connectivity index (χ3n) is 3.01. The maximum Gasteiger partial charge on any atom is 0.120 e. The molecule has 19 heavy (non-hydrogen) atoms. The second-order valence-electron chi connectivity index (χ2n) is 4.58. The number of rotatable bonds is 2. The van der Waals surface area contributed by atoms with Crippen molar-refractivity contribution in [2.75, 3.05) is 16.8 Å². The van der Waals surface area contributed by atoms with Crippen molar-refractivity contribution in [3.05, 3.63) is 35.4 Å². The Balaban J connectivity index is 2.42. The Kier molecular flexibility index (Phi) is 3.12. The number of anilines is 4. The molecule has 0 radical (unpaired) electrons. The van der Waals surface area contributed by atoms with Crippen LogP contribution in [0.3, 0.4) is 0 Å². The van der Waals surface area contributed by atoms with Gasteiger partial charge in [0, 0.05) is 12.1 Å². The van der Waals surface area contributed by atoms with E-state index in [0.717, 1.165) is 0 Å². The molecule has 2 aromatic carbocycles. The van der Waals surface area contributed by atoms with Gasteiger partial charge in [-0.05, 0) is 37.1 Å². The van der Waals surface area contributed by atoms with Crippen molar-refractivity contribution < 1.29 is 10.2 Å². The molecule has 0 saturated carbocycles. The maximum atomic E-state index is 9.69. The Morgan fingerprint density at radius 2 is 1.16 bits per heavy atom. The Bertz CT molecular complexity index is 584. The van der Waals surface area contributed by atoms with Gasteiger partial charge < -0.3 is 27.0 Å². The summed E-state index contributed by atoms with van der Waals surface area (Å²) in [7, 11) is 0. The lowest BCUT2D eigenvalue weighted by Gasteiger charge is -2.14. The van der Waals surface area contributed by atoms with Crippen LogP contribution in [0.4, 0.5) is 22.7 Å². The number of hydrogen-bond donors (Lipinski definition) is 5. The zero-order valence-electron chi connectivity index (χ0n) is 10.9. The monoisotopic (exact) mass is 259 g/mol. The van der Waals surface area contributed by atoms with E-state index < -0.39 is 0 Å². The first-order valence-corrected chi connectivity index (χ1v) is 5.83. The molecule has 0 bridgehead atoms. The van der Waals surface area contributed by atoms with Crippen molar-refractivity contribution in [1.29, 1.82) is 0 Å². The summed E-state index contributed by atoms with van der Waals surface area (Å²) < 4.78 is 0. The van der Waals surface area contributed by atoms with E-state index in [2.05, 4.69) is 5.32 Å². The molecule has 2 aromatic rings. The topological polar surface area (TPSA) is 105 Å². The van der Waals surface area contributed by atoms with Crippen molar-refractivity contribution in [3.8, 4) is 11.5 Å². The third-order valence-corrected chi connectivity index (χ3v) is 3.01. The Hall–Kier alpha value is -2.56. The van der Waals surface area contributed by atoms with E-state index in [-0.39, 0.29) is 11.5 Å². The van der Waals surface area contributed by atoms with E-state index in [4.69, 9.17) is 11.5 Å². The first kappa shape index (κ1) is 12.9. The summed E-state index contributed by atoms with van der Waals surface area (Å²) in [5.74, 6) is 0.290. The minimum absolute atomic E-state index is 0.145. The number of phenols is 2. The highest BCUT2D eigenvalue weighted by molar-refractivity contribution is 5.81. The van der Waals surface area contributed by atoms with Crippen LogP contribution in [0.2, 0.25) is 0 Å². The lowest BCUT2D eigenvalue weighted by molar-refractivity contribution is 0.471. The Morgan fingerprint density at radius 1 is 0.789 bits per heavy atom. The molecule has 0 aliphatic rings. The van der Waals surface area contributed by atoms with Crippen molar-refractivity contribution in [2.45, 2.75) is 13.8 Å². The summed E-state index contributed by atoms with van der Waals surface area (Å²) in [5.41, 5.74) is 15.2. The molecule has 0 heterocycles. The summed E-state index contributed by atoms with van der Waals surface area (Å²) in [6.45, 7) is 3.53. The second-order valence-corrected chi connectivity index (χ2v) is 4.58. The SMILES string of the molecule is Cc1cc(N)c(Nc2cc(O)c(C)cc2N)cc1O. The molecule has 0 aliphatic heterocycles. The van der Waals surface area contributed by atoms with Crippen LogP contribution in [0.25, 0.3) is 0 Å². The molecule has 0 spiro atoms. The van der Waals surface area contributed by atoms with Crippen LogP contribution in [-0.4, -0.2) is 10.2 Å². The lowest BCUT2D eigenvalue weighted by atomic mass is 10.1. The lowest BCUT2D eigenvalue weighted by Crippen LogP contribution is -2.00. The summed E-state index contributed by atoms with van der Waals surface area (Å²) in [5, 5.41) is 22.4. The minimum Gasteiger partial charge on any atom is -0.508 e. The second kappa shape index (κ2) is 4.61. The predicted octanol–water partition coefficient (Wildman–Crippen LogP) is 2.62. The quantitative estimate of drug-likeness (QED) is 0.421. The van der Waals surface area contributed by atoms with E-state index >= 15 is 0 Å². The number of aryl methyl sites for hydroxylation is 2. The van der Waals surface area contributed by atoms with Gasteiger partial charge in [0.15, 0.2) is 0 Å². The first-order chi connectivity index (χ1) is 8.88. The molecule has 0 atom stereocenters. The number of aromatic hydroxyl groups is 2. The minimum atomic E-state index is 0.145. The summed E-state index contributed by atoms with van der Waals surface area (Å²) in [4.78, 5) is 0. The zero-order chi connectivity index (χ0) is 14.2. The highest BCUT2D eigenvalue weighted by Crippen LogP contribution is 2.34. The van der Waals surface area contributed by atoms with Crippen LogP contribution < -0.4 is 16.8 Å². The van der Waals surface area contributed by atoms with Gasteiger partial charge in [-0.3, -0.25) is 0 Å². The van der Waals surface area contributed by atoms with Gasteiger partial charge in [-0.15, -0.1) is 0 Å². The highest BCUT2D eigenvalue weighted by Gasteiger charge is 2.08. The molecule has 7 N–H and O–H groups in total. The summed E-state index contributed by atoms with van der Waals surface area (Å²) in [6, 6.07) is 6.39. The molecule has 0 saturated heterocycles. The van der Waals surface area contributed by atoms with Crippen LogP contribution in [-0.2, 0) is 0 Å². The molecule has 0 amide bonds. The van der Waals surface area contributed by atoms with Gasteiger partial charge in [0.1, 0.15) is 11.5 Å². The van der Waals surface area contributed by atoms with E-state index in [1.165, 1.54) is 12.1 Å². The van der Waals surface area contributed by atoms with Gasteiger partial charge >= 0.3 is 0 Å². The average molecular weight is 259 g/mol. The van der Waals surface area contributed by atoms with E-state index in [9.17, 15) is 10.2 Å². The fourth-order valence-corrected chi connectivity index (χ4v) is 1.80. The van der Waals surface area contributed by atoms with Crippen LogP contribution in [0.5, 0.6) is 11.5 Å². The van der Waals surface area contributed by atoms with Crippen LogP contribution in [0.15, 0.2) is 24.3 Å². The molecule has 0 aliphatic carbocycles. The molecule has 100 valence electrons. The molecule has 5 nitrogen and oxygen atoms in total. The molecular formula is C14H17N3O2. The molecular weight excluding hydrogens is 242 g/mol. The molecule has 0 aromatic heterocycles. The number of phenolic OH excluding ortho intramolecular Hbond substituents is 2. The van der Waals surface area contributed by atoms with E-state index in [1.54, 1.807) is 26.0 Å². The molecule has 0 unspecified atom stereocenters.